The minimum Gasteiger partial charge on any atom is -0.342 e. The molecular weight excluding hydrogens is 184 g/mol. The van der Waals surface area contributed by atoms with Crippen molar-refractivity contribution < 1.29 is 0 Å². The zero-order valence-corrected chi connectivity index (χ0v) is 8.83. The average molecular weight is 196 g/mol. The van der Waals surface area contributed by atoms with Gasteiger partial charge in [0.2, 0.25) is 0 Å². The van der Waals surface area contributed by atoms with Gasteiger partial charge in [0.05, 0.1) is 11.0 Å². The SMILES string of the molecule is Cc1ccc2ccc3[nH]c(C)nc3c2c1. The molecule has 2 heteroatoms. The molecular formula is C13H12N2. The van der Waals surface area contributed by atoms with E-state index in [1.54, 1.807) is 0 Å². The highest BCUT2D eigenvalue weighted by Crippen LogP contribution is 2.24. The van der Waals surface area contributed by atoms with Crippen molar-refractivity contribution >= 4 is 21.8 Å². The number of hydrogen-bond acceptors (Lipinski definition) is 1. The molecule has 1 N–H and O–H groups in total. The van der Waals surface area contributed by atoms with Gasteiger partial charge in [0.15, 0.2) is 0 Å². The lowest BCUT2D eigenvalue weighted by molar-refractivity contribution is 1.17. The Bertz CT molecular complexity index is 650. The number of nitrogens with zero attached hydrogens (tertiary/aromatic N) is 1. The first-order chi connectivity index (χ1) is 7.24. The van der Waals surface area contributed by atoms with E-state index in [4.69, 9.17) is 0 Å². The summed E-state index contributed by atoms with van der Waals surface area (Å²) in [6.45, 7) is 4.10. The molecule has 0 aliphatic carbocycles. The van der Waals surface area contributed by atoms with Gasteiger partial charge < -0.3 is 4.98 Å². The third-order valence-corrected chi connectivity index (χ3v) is 2.74. The van der Waals surface area contributed by atoms with E-state index < -0.39 is 0 Å². The molecule has 3 rings (SSSR count). The van der Waals surface area contributed by atoms with Gasteiger partial charge in [-0.1, -0.05) is 23.8 Å². The Hall–Kier alpha value is -1.83. The number of rotatable bonds is 0. The molecule has 1 aromatic heterocycles. The van der Waals surface area contributed by atoms with Gasteiger partial charge in [-0.05, 0) is 31.4 Å². The molecule has 0 unspecified atom stereocenters. The van der Waals surface area contributed by atoms with Gasteiger partial charge in [-0.15, -0.1) is 0 Å². The van der Waals surface area contributed by atoms with E-state index in [-0.39, 0.29) is 0 Å². The van der Waals surface area contributed by atoms with Crippen molar-refractivity contribution in [3.05, 3.63) is 41.7 Å². The molecule has 15 heavy (non-hydrogen) atoms. The largest absolute Gasteiger partial charge is 0.342 e. The summed E-state index contributed by atoms with van der Waals surface area (Å²) >= 11 is 0. The van der Waals surface area contributed by atoms with Crippen LogP contribution in [0.5, 0.6) is 0 Å². The molecule has 2 nitrogen and oxygen atoms in total. The van der Waals surface area contributed by atoms with E-state index >= 15 is 0 Å². The Morgan fingerprint density at radius 3 is 2.73 bits per heavy atom. The Kier molecular flexibility index (Phi) is 1.60. The molecule has 2 aromatic carbocycles. The van der Waals surface area contributed by atoms with Gasteiger partial charge in [-0.3, -0.25) is 0 Å². The third-order valence-electron chi connectivity index (χ3n) is 2.74. The first-order valence-corrected chi connectivity index (χ1v) is 5.10. The summed E-state index contributed by atoms with van der Waals surface area (Å²) in [6.07, 6.45) is 0. The number of imidazole rings is 1. The zero-order valence-electron chi connectivity index (χ0n) is 8.83. The fraction of sp³-hybridized carbons (Fsp3) is 0.154. The van der Waals surface area contributed by atoms with Crippen molar-refractivity contribution in [3.8, 4) is 0 Å². The third kappa shape index (κ3) is 1.22. The number of H-pyrrole nitrogens is 1. The number of aromatic amines is 1. The lowest BCUT2D eigenvalue weighted by atomic mass is 10.1. The number of nitrogens with one attached hydrogen (secondary N) is 1. The van der Waals surface area contributed by atoms with Gasteiger partial charge in [0.25, 0.3) is 0 Å². The van der Waals surface area contributed by atoms with Crippen LogP contribution in [0, 0.1) is 13.8 Å². The molecule has 3 aromatic rings. The van der Waals surface area contributed by atoms with E-state index in [2.05, 4.69) is 47.2 Å². The Labute approximate surface area is 88.0 Å². The molecule has 0 atom stereocenters. The van der Waals surface area contributed by atoms with E-state index in [1.807, 2.05) is 6.92 Å². The maximum atomic E-state index is 4.53. The molecule has 0 saturated carbocycles. The fourth-order valence-electron chi connectivity index (χ4n) is 2.03. The zero-order chi connectivity index (χ0) is 10.4. The van der Waals surface area contributed by atoms with Crippen LogP contribution < -0.4 is 0 Å². The predicted octanol–water partition coefficient (Wildman–Crippen LogP) is 3.33. The van der Waals surface area contributed by atoms with Crippen LogP contribution in [0.2, 0.25) is 0 Å². The number of benzene rings is 2. The highest BCUT2D eigenvalue weighted by molar-refractivity contribution is 6.04. The van der Waals surface area contributed by atoms with Crippen molar-refractivity contribution in [1.29, 1.82) is 0 Å². The Morgan fingerprint density at radius 1 is 1.07 bits per heavy atom. The van der Waals surface area contributed by atoms with Crippen LogP contribution in [0.1, 0.15) is 11.4 Å². The quantitative estimate of drug-likeness (QED) is 0.587. The molecule has 0 aliphatic heterocycles. The van der Waals surface area contributed by atoms with Gasteiger partial charge in [-0.25, -0.2) is 4.98 Å². The lowest BCUT2D eigenvalue weighted by Crippen LogP contribution is -1.78. The first-order valence-electron chi connectivity index (χ1n) is 5.10. The van der Waals surface area contributed by atoms with E-state index in [9.17, 15) is 0 Å². The maximum absolute atomic E-state index is 4.53. The first kappa shape index (κ1) is 8.48. The summed E-state index contributed by atoms with van der Waals surface area (Å²) in [5, 5.41) is 2.48. The summed E-state index contributed by atoms with van der Waals surface area (Å²) in [5.74, 6) is 0.971. The second kappa shape index (κ2) is 2.83. The summed E-state index contributed by atoms with van der Waals surface area (Å²) in [4.78, 5) is 7.79. The standard InChI is InChI=1S/C13H12N2/c1-8-3-4-10-5-6-12-13(11(10)7-8)15-9(2)14-12/h3-7H,1-2H3,(H,14,15). The van der Waals surface area contributed by atoms with Crippen molar-refractivity contribution in [2.24, 2.45) is 0 Å². The predicted molar refractivity (Wildman–Crippen MR) is 63.1 cm³/mol. The molecule has 0 aliphatic rings. The van der Waals surface area contributed by atoms with Crippen molar-refractivity contribution in [3.63, 3.8) is 0 Å². The van der Waals surface area contributed by atoms with Gasteiger partial charge in [-0.2, -0.15) is 0 Å². The maximum Gasteiger partial charge on any atom is 0.104 e. The van der Waals surface area contributed by atoms with Crippen LogP contribution in [-0.2, 0) is 0 Å². The van der Waals surface area contributed by atoms with Crippen LogP contribution in [0.25, 0.3) is 21.8 Å². The summed E-state index contributed by atoms with van der Waals surface area (Å²) in [7, 11) is 0. The number of hydrogen-bond donors (Lipinski definition) is 1. The fourth-order valence-corrected chi connectivity index (χ4v) is 2.03. The number of fused-ring (bicyclic) bond motifs is 3. The van der Waals surface area contributed by atoms with Crippen LogP contribution in [-0.4, -0.2) is 9.97 Å². The molecule has 0 bridgehead atoms. The summed E-state index contributed by atoms with van der Waals surface area (Å²) < 4.78 is 0. The summed E-state index contributed by atoms with van der Waals surface area (Å²) in [5.41, 5.74) is 3.47. The van der Waals surface area contributed by atoms with Crippen molar-refractivity contribution in [1.82, 2.24) is 9.97 Å². The van der Waals surface area contributed by atoms with Crippen LogP contribution in [0.3, 0.4) is 0 Å². The smallest absolute Gasteiger partial charge is 0.104 e. The van der Waals surface area contributed by atoms with Gasteiger partial charge in [0, 0.05) is 5.39 Å². The highest BCUT2D eigenvalue weighted by atomic mass is 14.9. The topological polar surface area (TPSA) is 28.7 Å². The van der Waals surface area contributed by atoms with Crippen molar-refractivity contribution in [2.75, 3.05) is 0 Å². The molecule has 0 saturated heterocycles. The van der Waals surface area contributed by atoms with Crippen LogP contribution >= 0.6 is 0 Å². The Morgan fingerprint density at radius 2 is 1.87 bits per heavy atom. The van der Waals surface area contributed by atoms with E-state index in [1.165, 1.54) is 16.3 Å². The normalized spacial score (nSPS) is 11.3. The molecule has 0 radical (unpaired) electrons. The van der Waals surface area contributed by atoms with E-state index in [0.29, 0.717) is 0 Å². The Balaban J connectivity index is 2.56. The monoisotopic (exact) mass is 196 g/mol. The van der Waals surface area contributed by atoms with Crippen LogP contribution in [0.15, 0.2) is 30.3 Å². The minimum atomic E-state index is 0.971. The average Bonchev–Trinajstić information content (AvgIpc) is 2.58. The van der Waals surface area contributed by atoms with Gasteiger partial charge in [0.1, 0.15) is 5.82 Å². The van der Waals surface area contributed by atoms with Crippen molar-refractivity contribution in [2.45, 2.75) is 13.8 Å². The van der Waals surface area contributed by atoms with Crippen LogP contribution in [0.4, 0.5) is 0 Å². The number of aromatic nitrogens is 2. The molecule has 0 spiro atoms. The van der Waals surface area contributed by atoms with E-state index in [0.717, 1.165) is 16.9 Å². The summed E-state index contributed by atoms with van der Waals surface area (Å²) in [6, 6.07) is 10.7. The second-order valence-corrected chi connectivity index (χ2v) is 4.01. The molecule has 1 heterocycles. The minimum absolute atomic E-state index is 0.971. The number of aryl methyl sites for hydroxylation is 2. The second-order valence-electron chi connectivity index (χ2n) is 4.01. The van der Waals surface area contributed by atoms with Gasteiger partial charge >= 0.3 is 0 Å². The molecule has 0 fully saturated rings. The lowest BCUT2D eigenvalue weighted by Gasteiger charge is -1.99. The molecule has 74 valence electrons. The highest BCUT2D eigenvalue weighted by Gasteiger charge is 2.04. The molecule has 0 amide bonds.